The number of thioether (sulfide) groups is 1. The van der Waals surface area contributed by atoms with Crippen molar-refractivity contribution in [2.24, 2.45) is 11.1 Å². The number of hydrogen-bond donors (Lipinski definition) is 2. The quantitative estimate of drug-likeness (QED) is 0.312. The topological polar surface area (TPSA) is 92.5 Å². The van der Waals surface area contributed by atoms with Gasteiger partial charge in [0.15, 0.2) is 0 Å². The molecule has 6 nitrogen and oxygen atoms in total. The highest BCUT2D eigenvalue weighted by molar-refractivity contribution is 8.00. The first-order valence-corrected chi connectivity index (χ1v) is 13.0. The summed E-state index contributed by atoms with van der Waals surface area (Å²) in [6, 6.07) is 7.75. The first-order valence-electron chi connectivity index (χ1n) is 11.9. The average molecular weight is 470 g/mol. The number of hydrogen-bond acceptors (Lipinski definition) is 5. The van der Waals surface area contributed by atoms with Crippen LogP contribution >= 0.6 is 11.8 Å². The maximum absolute atomic E-state index is 12.5. The van der Waals surface area contributed by atoms with Crippen LogP contribution in [0.3, 0.4) is 0 Å². The molecule has 1 saturated heterocycles. The van der Waals surface area contributed by atoms with Crippen molar-refractivity contribution in [2.45, 2.75) is 63.5 Å². The van der Waals surface area contributed by atoms with Gasteiger partial charge < -0.3 is 11.1 Å². The van der Waals surface area contributed by atoms with Crippen LogP contribution in [0, 0.1) is 17.3 Å². The number of carbonyl (C=O) groups excluding carboxylic acids is 3. The molecule has 1 aromatic rings. The van der Waals surface area contributed by atoms with Crippen molar-refractivity contribution in [1.29, 1.82) is 0 Å². The number of likely N-dealkylation sites (tertiary alicyclic amines) is 1. The number of nitrogens with two attached hydrogens (primary N) is 1. The minimum absolute atomic E-state index is 0.00350. The molecule has 1 aromatic carbocycles. The number of imide groups is 1. The fraction of sp³-hybridized carbons (Fsp3) is 0.577. The lowest BCUT2D eigenvalue weighted by Gasteiger charge is -2.25. The van der Waals surface area contributed by atoms with Gasteiger partial charge in [-0.2, -0.15) is 0 Å². The molecule has 178 valence electrons. The van der Waals surface area contributed by atoms with Crippen LogP contribution in [0.2, 0.25) is 0 Å². The van der Waals surface area contributed by atoms with Crippen LogP contribution in [0.5, 0.6) is 0 Å². The van der Waals surface area contributed by atoms with Gasteiger partial charge in [0, 0.05) is 49.2 Å². The van der Waals surface area contributed by atoms with Crippen molar-refractivity contribution in [3.63, 3.8) is 0 Å². The first kappa shape index (κ1) is 25.3. The smallest absolute Gasteiger partial charge is 0.251 e. The standard InChI is InChI=1S/C26H35N3O3S/c1-26(12-5-3-2-4-6-13-26)19-20-8-10-21(11-9-20)24(31)28-15-7-16-29-23(30)18-22(25(29)32)33-17-14-27/h8-11,22H,2-5,7,12,14-19,27H2,1H3,(H,28,31). The molecule has 2 atom stereocenters. The second-order valence-electron chi connectivity index (χ2n) is 9.14. The number of nitrogens with zero attached hydrogens (tertiary/aromatic N) is 1. The second-order valence-corrected chi connectivity index (χ2v) is 10.5. The Kier molecular flexibility index (Phi) is 9.40. The van der Waals surface area contributed by atoms with E-state index in [1.807, 2.05) is 24.3 Å². The Labute approximate surface area is 201 Å². The zero-order valence-corrected chi connectivity index (χ0v) is 20.3. The van der Waals surface area contributed by atoms with Crippen molar-refractivity contribution >= 4 is 29.5 Å². The molecule has 1 aliphatic heterocycles. The Bertz CT molecular complexity index is 906. The lowest BCUT2D eigenvalue weighted by Crippen LogP contribution is -2.34. The van der Waals surface area contributed by atoms with E-state index in [1.54, 1.807) is 0 Å². The average Bonchev–Trinajstić information content (AvgIpc) is 3.05. The van der Waals surface area contributed by atoms with E-state index in [1.165, 1.54) is 41.5 Å². The molecular formula is C26H35N3O3S. The van der Waals surface area contributed by atoms with E-state index in [-0.39, 0.29) is 34.8 Å². The van der Waals surface area contributed by atoms with E-state index in [0.717, 1.165) is 19.3 Å². The predicted molar refractivity (Wildman–Crippen MR) is 133 cm³/mol. The van der Waals surface area contributed by atoms with Crippen molar-refractivity contribution in [3.8, 4) is 11.8 Å². The second kappa shape index (κ2) is 12.2. The molecular weight excluding hydrogens is 434 g/mol. The zero-order chi connectivity index (χ0) is 23.7. The number of benzene rings is 1. The van der Waals surface area contributed by atoms with E-state index >= 15 is 0 Å². The van der Waals surface area contributed by atoms with Crippen molar-refractivity contribution < 1.29 is 14.4 Å². The van der Waals surface area contributed by atoms with Crippen LogP contribution in [-0.4, -0.2) is 53.3 Å². The molecule has 1 aliphatic carbocycles. The fourth-order valence-corrected chi connectivity index (χ4v) is 5.32. The molecule has 2 unspecified atom stereocenters. The number of nitrogens with one attached hydrogen (secondary N) is 1. The highest BCUT2D eigenvalue weighted by atomic mass is 32.2. The lowest BCUT2D eigenvalue weighted by molar-refractivity contribution is -0.138. The Morgan fingerprint density at radius 2 is 2.03 bits per heavy atom. The fourth-order valence-electron chi connectivity index (χ4n) is 4.37. The Morgan fingerprint density at radius 1 is 1.24 bits per heavy atom. The van der Waals surface area contributed by atoms with Crippen LogP contribution < -0.4 is 11.1 Å². The van der Waals surface area contributed by atoms with Crippen molar-refractivity contribution in [2.75, 3.05) is 25.4 Å². The third-order valence-electron chi connectivity index (χ3n) is 6.21. The van der Waals surface area contributed by atoms with E-state index < -0.39 is 0 Å². The van der Waals surface area contributed by atoms with Crippen molar-refractivity contribution in [1.82, 2.24) is 10.2 Å². The number of rotatable bonds is 10. The molecule has 2 aliphatic rings. The summed E-state index contributed by atoms with van der Waals surface area (Å²) in [5.41, 5.74) is 7.29. The summed E-state index contributed by atoms with van der Waals surface area (Å²) in [5.74, 6) is 7.04. The zero-order valence-electron chi connectivity index (χ0n) is 19.5. The van der Waals surface area contributed by atoms with E-state index in [9.17, 15) is 14.4 Å². The molecule has 0 aromatic heterocycles. The largest absolute Gasteiger partial charge is 0.352 e. The Hall–Kier alpha value is -2.30. The summed E-state index contributed by atoms with van der Waals surface area (Å²) in [7, 11) is 0. The van der Waals surface area contributed by atoms with Crippen LogP contribution in [0.4, 0.5) is 0 Å². The molecule has 3 amide bonds. The Morgan fingerprint density at radius 3 is 2.79 bits per heavy atom. The minimum Gasteiger partial charge on any atom is -0.352 e. The summed E-state index contributed by atoms with van der Waals surface area (Å²) in [6.07, 6.45) is 7.43. The van der Waals surface area contributed by atoms with Gasteiger partial charge in [0.1, 0.15) is 0 Å². The third-order valence-corrected chi connectivity index (χ3v) is 7.46. The van der Waals surface area contributed by atoms with E-state index in [2.05, 4.69) is 24.1 Å². The van der Waals surface area contributed by atoms with Crippen LogP contribution in [0.25, 0.3) is 0 Å². The van der Waals surface area contributed by atoms with Gasteiger partial charge >= 0.3 is 0 Å². The van der Waals surface area contributed by atoms with Crippen LogP contribution in [0.15, 0.2) is 24.3 Å². The summed E-state index contributed by atoms with van der Waals surface area (Å²) in [5, 5.41) is 2.57. The van der Waals surface area contributed by atoms with E-state index in [0.29, 0.717) is 37.4 Å². The van der Waals surface area contributed by atoms with Gasteiger partial charge in [0.2, 0.25) is 11.8 Å². The molecule has 0 bridgehead atoms. The third kappa shape index (κ3) is 7.35. The maximum Gasteiger partial charge on any atom is 0.251 e. The summed E-state index contributed by atoms with van der Waals surface area (Å²) >= 11 is 1.44. The molecule has 1 fully saturated rings. The van der Waals surface area contributed by atoms with Gasteiger partial charge in [-0.05, 0) is 50.3 Å². The summed E-state index contributed by atoms with van der Waals surface area (Å²) in [4.78, 5) is 38.3. The lowest BCUT2D eigenvalue weighted by atomic mass is 9.78. The first-order chi connectivity index (χ1) is 15.9. The minimum atomic E-state index is -0.315. The monoisotopic (exact) mass is 469 g/mol. The van der Waals surface area contributed by atoms with Crippen molar-refractivity contribution in [3.05, 3.63) is 35.4 Å². The molecule has 3 N–H and O–H groups in total. The van der Waals surface area contributed by atoms with Gasteiger partial charge in [-0.1, -0.05) is 30.9 Å². The molecule has 0 spiro atoms. The highest BCUT2D eigenvalue weighted by Gasteiger charge is 2.38. The van der Waals surface area contributed by atoms with E-state index in [4.69, 9.17) is 5.73 Å². The molecule has 1 heterocycles. The maximum atomic E-state index is 12.5. The molecule has 3 rings (SSSR count). The molecule has 33 heavy (non-hydrogen) atoms. The highest BCUT2D eigenvalue weighted by Crippen LogP contribution is 2.30. The van der Waals surface area contributed by atoms with Gasteiger partial charge in [-0.15, -0.1) is 17.7 Å². The number of carbonyl (C=O) groups is 3. The van der Waals surface area contributed by atoms with Gasteiger partial charge in [-0.3, -0.25) is 19.3 Å². The molecule has 7 heteroatoms. The SMILES string of the molecule is CC1(Cc2ccc(C(=O)NCCCN3C(=O)CC(SCCN)C3=O)cc2)C#CCCCCC1. The van der Waals surface area contributed by atoms with Crippen LogP contribution in [0.1, 0.15) is 67.8 Å². The van der Waals surface area contributed by atoms with Crippen LogP contribution in [-0.2, 0) is 16.0 Å². The van der Waals surface area contributed by atoms with Gasteiger partial charge in [-0.25, -0.2) is 0 Å². The number of amides is 3. The Balaban J connectivity index is 1.43. The van der Waals surface area contributed by atoms with Gasteiger partial charge in [0.05, 0.1) is 5.25 Å². The summed E-state index contributed by atoms with van der Waals surface area (Å²) < 4.78 is 0. The molecule has 0 radical (unpaired) electrons. The molecule has 0 saturated carbocycles. The normalized spacial score (nSPS) is 23.0. The summed E-state index contributed by atoms with van der Waals surface area (Å²) in [6.45, 7) is 3.46. The predicted octanol–water partition coefficient (Wildman–Crippen LogP) is 3.14. The van der Waals surface area contributed by atoms with Gasteiger partial charge in [0.25, 0.3) is 5.91 Å².